The van der Waals surface area contributed by atoms with Crippen LogP contribution < -0.4 is 0 Å². The van der Waals surface area contributed by atoms with Crippen molar-refractivity contribution in [1.82, 2.24) is 19.7 Å². The first kappa shape index (κ1) is 12.9. The van der Waals surface area contributed by atoms with E-state index < -0.39 is 11.4 Å². The highest BCUT2D eigenvalue weighted by atomic mass is 35.5. The third-order valence-corrected chi connectivity index (χ3v) is 2.35. The molecule has 0 fully saturated rings. The van der Waals surface area contributed by atoms with E-state index in [2.05, 4.69) is 15.1 Å². The minimum absolute atomic E-state index is 0.0263. The quantitative estimate of drug-likeness (QED) is 0.866. The Morgan fingerprint density at radius 3 is 2.83 bits per heavy atom. The minimum Gasteiger partial charge on any atom is -0.389 e. The van der Waals surface area contributed by atoms with Gasteiger partial charge in [-0.05, 0) is 25.4 Å². The molecule has 0 saturated carbocycles. The Morgan fingerprint density at radius 2 is 2.17 bits per heavy atom. The number of hydrogen-bond donors (Lipinski definition) is 1. The van der Waals surface area contributed by atoms with Crippen LogP contribution in [0.5, 0.6) is 0 Å². The Labute approximate surface area is 108 Å². The van der Waals surface area contributed by atoms with Gasteiger partial charge in [0.15, 0.2) is 5.82 Å². The zero-order chi connectivity index (χ0) is 13.3. The van der Waals surface area contributed by atoms with Crippen molar-refractivity contribution in [1.29, 1.82) is 0 Å². The van der Waals surface area contributed by atoms with Crippen molar-refractivity contribution >= 4 is 11.6 Å². The Morgan fingerprint density at radius 1 is 1.44 bits per heavy atom. The molecule has 2 heterocycles. The molecule has 5 nitrogen and oxygen atoms in total. The molecule has 0 amide bonds. The van der Waals surface area contributed by atoms with Crippen molar-refractivity contribution in [3.63, 3.8) is 0 Å². The van der Waals surface area contributed by atoms with Crippen LogP contribution in [0.3, 0.4) is 0 Å². The van der Waals surface area contributed by atoms with E-state index >= 15 is 0 Å². The molecular formula is C11H12ClFN4O. The lowest BCUT2D eigenvalue weighted by Crippen LogP contribution is -2.26. The van der Waals surface area contributed by atoms with Crippen LogP contribution in [-0.4, -0.2) is 30.5 Å². The second kappa shape index (κ2) is 4.62. The summed E-state index contributed by atoms with van der Waals surface area (Å²) in [5.74, 6) is -0.567. The Hall–Kier alpha value is -1.53. The molecule has 0 aliphatic heterocycles. The van der Waals surface area contributed by atoms with Crippen LogP contribution in [0.1, 0.15) is 13.8 Å². The lowest BCUT2D eigenvalue weighted by Gasteiger charge is -2.16. The molecule has 96 valence electrons. The second-order valence-electron chi connectivity index (χ2n) is 4.57. The molecule has 2 aromatic heterocycles. The molecule has 0 bridgehead atoms. The lowest BCUT2D eigenvalue weighted by atomic mass is 10.1. The smallest absolute Gasteiger partial charge is 0.223 e. The molecular weight excluding hydrogens is 259 g/mol. The SMILES string of the molecule is CC(C)(O)Cn1cc(-c2nc(Cl)ncc2F)cn1. The number of aliphatic hydroxyl groups is 1. The van der Waals surface area contributed by atoms with Gasteiger partial charge in [0.1, 0.15) is 5.69 Å². The Kier molecular flexibility index (Phi) is 3.32. The van der Waals surface area contributed by atoms with Gasteiger partial charge in [0, 0.05) is 11.8 Å². The van der Waals surface area contributed by atoms with Crippen molar-refractivity contribution in [3.05, 3.63) is 29.7 Å². The van der Waals surface area contributed by atoms with Crippen LogP contribution in [0.15, 0.2) is 18.6 Å². The van der Waals surface area contributed by atoms with Gasteiger partial charge in [-0.1, -0.05) is 0 Å². The van der Waals surface area contributed by atoms with Gasteiger partial charge >= 0.3 is 0 Å². The van der Waals surface area contributed by atoms with E-state index in [1.165, 1.54) is 10.9 Å². The summed E-state index contributed by atoms with van der Waals surface area (Å²) < 4.78 is 15.1. The Balaban J connectivity index is 2.32. The summed E-state index contributed by atoms with van der Waals surface area (Å²) in [4.78, 5) is 7.36. The normalized spacial score (nSPS) is 11.8. The molecule has 0 saturated heterocycles. The highest BCUT2D eigenvalue weighted by Gasteiger charge is 2.16. The molecule has 0 spiro atoms. The van der Waals surface area contributed by atoms with E-state index in [0.29, 0.717) is 12.1 Å². The summed E-state index contributed by atoms with van der Waals surface area (Å²) in [6.07, 6.45) is 4.07. The number of halogens is 2. The van der Waals surface area contributed by atoms with Crippen molar-refractivity contribution < 1.29 is 9.50 Å². The molecule has 1 N–H and O–H groups in total. The van der Waals surface area contributed by atoms with Crippen molar-refractivity contribution in [2.24, 2.45) is 0 Å². The fourth-order valence-electron chi connectivity index (χ4n) is 1.52. The zero-order valence-electron chi connectivity index (χ0n) is 9.93. The van der Waals surface area contributed by atoms with Crippen LogP contribution in [0.4, 0.5) is 4.39 Å². The number of nitrogens with zero attached hydrogens (tertiary/aromatic N) is 4. The molecule has 0 aromatic carbocycles. The lowest BCUT2D eigenvalue weighted by molar-refractivity contribution is 0.0577. The van der Waals surface area contributed by atoms with Crippen LogP contribution in [0.25, 0.3) is 11.3 Å². The summed E-state index contributed by atoms with van der Waals surface area (Å²) >= 11 is 5.62. The monoisotopic (exact) mass is 270 g/mol. The molecule has 0 unspecified atom stereocenters. The third kappa shape index (κ3) is 3.02. The molecule has 18 heavy (non-hydrogen) atoms. The largest absolute Gasteiger partial charge is 0.389 e. The van der Waals surface area contributed by atoms with Gasteiger partial charge in [0.25, 0.3) is 0 Å². The van der Waals surface area contributed by atoms with Crippen LogP contribution >= 0.6 is 11.6 Å². The van der Waals surface area contributed by atoms with Crippen molar-refractivity contribution in [2.45, 2.75) is 26.0 Å². The number of aromatic nitrogens is 4. The van der Waals surface area contributed by atoms with Gasteiger partial charge in [-0.15, -0.1) is 0 Å². The highest BCUT2D eigenvalue weighted by Crippen LogP contribution is 2.21. The van der Waals surface area contributed by atoms with Gasteiger partial charge in [0.05, 0.1) is 24.5 Å². The average molecular weight is 271 g/mol. The maximum atomic E-state index is 13.5. The minimum atomic E-state index is -0.898. The standard InChI is InChI=1S/C11H12ClFN4O/c1-11(2,18)6-17-5-7(3-15-17)9-8(13)4-14-10(12)16-9/h3-5,18H,6H2,1-2H3. The maximum Gasteiger partial charge on any atom is 0.223 e. The van der Waals surface area contributed by atoms with Crippen LogP contribution in [0, 0.1) is 5.82 Å². The topological polar surface area (TPSA) is 63.8 Å². The highest BCUT2D eigenvalue weighted by molar-refractivity contribution is 6.28. The fraction of sp³-hybridized carbons (Fsp3) is 0.364. The first-order valence-corrected chi connectivity index (χ1v) is 5.66. The Bertz CT molecular complexity index is 564. The van der Waals surface area contributed by atoms with Gasteiger partial charge < -0.3 is 5.11 Å². The molecule has 2 rings (SSSR count). The van der Waals surface area contributed by atoms with Crippen LogP contribution in [-0.2, 0) is 6.54 Å². The van der Waals surface area contributed by atoms with Gasteiger partial charge in [0.2, 0.25) is 5.28 Å². The molecule has 0 aliphatic rings. The summed E-state index contributed by atoms with van der Waals surface area (Å²) in [5, 5.41) is 13.7. The third-order valence-electron chi connectivity index (χ3n) is 2.17. The zero-order valence-corrected chi connectivity index (χ0v) is 10.7. The molecule has 0 radical (unpaired) electrons. The summed E-state index contributed by atoms with van der Waals surface area (Å²) in [5.41, 5.74) is -0.316. The summed E-state index contributed by atoms with van der Waals surface area (Å²) in [6, 6.07) is 0. The summed E-state index contributed by atoms with van der Waals surface area (Å²) in [7, 11) is 0. The number of hydrogen-bond acceptors (Lipinski definition) is 4. The predicted molar refractivity (Wildman–Crippen MR) is 64.5 cm³/mol. The predicted octanol–water partition coefficient (Wildman–Crippen LogP) is 1.90. The van der Waals surface area contributed by atoms with Crippen LogP contribution in [0.2, 0.25) is 5.28 Å². The molecule has 2 aromatic rings. The van der Waals surface area contributed by atoms with E-state index in [1.807, 2.05) is 0 Å². The first-order valence-electron chi connectivity index (χ1n) is 5.28. The van der Waals surface area contributed by atoms with Crippen molar-refractivity contribution in [2.75, 3.05) is 0 Å². The maximum absolute atomic E-state index is 13.5. The van der Waals surface area contributed by atoms with Gasteiger partial charge in [-0.3, -0.25) is 4.68 Å². The number of rotatable bonds is 3. The van der Waals surface area contributed by atoms with Gasteiger partial charge in [-0.2, -0.15) is 5.10 Å². The van der Waals surface area contributed by atoms with E-state index in [0.717, 1.165) is 6.20 Å². The van der Waals surface area contributed by atoms with Gasteiger partial charge in [-0.25, -0.2) is 14.4 Å². The van der Waals surface area contributed by atoms with E-state index in [4.69, 9.17) is 11.6 Å². The summed E-state index contributed by atoms with van der Waals surface area (Å²) in [6.45, 7) is 3.63. The first-order chi connectivity index (χ1) is 8.35. The van der Waals surface area contributed by atoms with E-state index in [9.17, 15) is 9.50 Å². The molecule has 0 aliphatic carbocycles. The second-order valence-corrected chi connectivity index (χ2v) is 4.91. The fourth-order valence-corrected chi connectivity index (χ4v) is 1.65. The average Bonchev–Trinajstić information content (AvgIpc) is 2.67. The van der Waals surface area contributed by atoms with E-state index in [-0.39, 0.29) is 11.0 Å². The van der Waals surface area contributed by atoms with E-state index in [1.54, 1.807) is 20.0 Å². The molecule has 0 atom stereocenters. The van der Waals surface area contributed by atoms with Crippen molar-refractivity contribution in [3.8, 4) is 11.3 Å². The molecule has 7 heteroatoms.